The second kappa shape index (κ2) is 5.73. The summed E-state index contributed by atoms with van der Waals surface area (Å²) in [6, 6.07) is 0. The summed E-state index contributed by atoms with van der Waals surface area (Å²) in [7, 11) is 0. The smallest absolute Gasteiger partial charge is 0.306 e. The van der Waals surface area contributed by atoms with Crippen LogP contribution in [0.5, 0.6) is 0 Å². The van der Waals surface area contributed by atoms with Crippen LogP contribution >= 0.6 is 0 Å². The van der Waals surface area contributed by atoms with Crippen molar-refractivity contribution in [3.63, 3.8) is 0 Å². The molecule has 0 spiro atoms. The predicted octanol–water partition coefficient (Wildman–Crippen LogP) is 2.22. The van der Waals surface area contributed by atoms with E-state index in [1.165, 1.54) is 0 Å². The van der Waals surface area contributed by atoms with Crippen molar-refractivity contribution in [2.75, 3.05) is 0 Å². The number of carboxylic acid groups (broad SMARTS) is 1. The summed E-state index contributed by atoms with van der Waals surface area (Å²) in [6.45, 7) is 8.02. The second-order valence-corrected chi connectivity index (χ2v) is 4.96. The summed E-state index contributed by atoms with van der Waals surface area (Å²) in [4.78, 5) is 21.4. The predicted molar refractivity (Wildman–Crippen MR) is 56.5 cm³/mol. The van der Waals surface area contributed by atoms with Crippen LogP contribution in [0.2, 0.25) is 0 Å². The van der Waals surface area contributed by atoms with E-state index in [9.17, 15) is 9.59 Å². The van der Waals surface area contributed by atoms with E-state index in [1.54, 1.807) is 0 Å². The van der Waals surface area contributed by atoms with Gasteiger partial charge in [-0.05, 0) is 18.8 Å². The highest BCUT2D eigenvalue weighted by atomic mass is 16.5. The zero-order chi connectivity index (χ0) is 12.1. The molecule has 4 nitrogen and oxygen atoms in total. The highest BCUT2D eigenvalue weighted by Gasteiger charge is 2.18. The van der Waals surface area contributed by atoms with Gasteiger partial charge in [-0.3, -0.25) is 9.59 Å². The van der Waals surface area contributed by atoms with Crippen molar-refractivity contribution >= 4 is 11.9 Å². The van der Waals surface area contributed by atoms with Crippen LogP contribution in [0.15, 0.2) is 0 Å². The minimum Gasteiger partial charge on any atom is -0.481 e. The lowest BCUT2D eigenvalue weighted by molar-refractivity contribution is -0.152. The van der Waals surface area contributed by atoms with Crippen molar-refractivity contribution in [1.29, 1.82) is 0 Å². The summed E-state index contributed by atoms with van der Waals surface area (Å²) in [5, 5.41) is 8.38. The molecular formula is C11H20O4. The van der Waals surface area contributed by atoms with Crippen LogP contribution in [0.3, 0.4) is 0 Å². The topological polar surface area (TPSA) is 63.6 Å². The van der Waals surface area contributed by atoms with Crippen molar-refractivity contribution in [2.45, 2.75) is 53.1 Å². The summed E-state index contributed by atoms with van der Waals surface area (Å²) in [6.07, 6.45) is 0.391. The van der Waals surface area contributed by atoms with Gasteiger partial charge in [0.05, 0.1) is 18.9 Å². The minimum atomic E-state index is -0.976. The Hall–Kier alpha value is -1.06. The molecule has 0 heterocycles. The van der Waals surface area contributed by atoms with Crippen LogP contribution in [0, 0.1) is 5.41 Å². The number of esters is 1. The first-order valence-electron chi connectivity index (χ1n) is 5.12. The zero-order valence-corrected chi connectivity index (χ0v) is 9.87. The molecule has 0 aromatic heterocycles. The number of carbonyl (C=O) groups is 2. The molecule has 0 rings (SSSR count). The maximum atomic E-state index is 11.2. The van der Waals surface area contributed by atoms with E-state index >= 15 is 0 Å². The Morgan fingerprint density at radius 2 is 1.80 bits per heavy atom. The molecular weight excluding hydrogens is 196 g/mol. The van der Waals surface area contributed by atoms with Gasteiger partial charge in [0.15, 0.2) is 0 Å². The van der Waals surface area contributed by atoms with Crippen LogP contribution in [0.1, 0.15) is 47.0 Å². The molecule has 0 aromatic carbocycles. The van der Waals surface area contributed by atoms with Crippen molar-refractivity contribution in [3.05, 3.63) is 0 Å². The lowest BCUT2D eigenvalue weighted by Crippen LogP contribution is -2.21. The number of carboxylic acids is 1. The van der Waals surface area contributed by atoms with Crippen LogP contribution in [-0.2, 0) is 14.3 Å². The number of aliphatic carboxylic acids is 1. The summed E-state index contributed by atoms with van der Waals surface area (Å²) in [5.41, 5.74) is 0.104. The summed E-state index contributed by atoms with van der Waals surface area (Å²) in [5.74, 6) is -1.41. The minimum absolute atomic E-state index is 0.0518. The van der Waals surface area contributed by atoms with Gasteiger partial charge in [0.2, 0.25) is 0 Å². The third-order valence-electron chi connectivity index (χ3n) is 1.78. The Bertz CT molecular complexity index is 227. The fourth-order valence-corrected chi connectivity index (χ4v) is 1.40. The number of hydrogen-bond donors (Lipinski definition) is 1. The van der Waals surface area contributed by atoms with Crippen LogP contribution in [0.4, 0.5) is 0 Å². The highest BCUT2D eigenvalue weighted by molar-refractivity contribution is 5.76. The largest absolute Gasteiger partial charge is 0.481 e. The van der Waals surface area contributed by atoms with Gasteiger partial charge < -0.3 is 9.84 Å². The van der Waals surface area contributed by atoms with Gasteiger partial charge in [-0.15, -0.1) is 0 Å². The Morgan fingerprint density at radius 3 is 2.20 bits per heavy atom. The first-order chi connectivity index (χ1) is 6.70. The first kappa shape index (κ1) is 13.9. The molecule has 0 aromatic rings. The molecule has 1 N–H and O–H groups in total. The van der Waals surface area contributed by atoms with Gasteiger partial charge in [0, 0.05) is 0 Å². The van der Waals surface area contributed by atoms with E-state index in [2.05, 4.69) is 20.8 Å². The Morgan fingerprint density at radius 1 is 1.27 bits per heavy atom. The highest BCUT2D eigenvalue weighted by Crippen LogP contribution is 2.22. The Labute approximate surface area is 90.6 Å². The van der Waals surface area contributed by atoms with Gasteiger partial charge in [-0.1, -0.05) is 20.8 Å². The molecule has 88 valence electrons. The summed E-state index contributed by atoms with van der Waals surface area (Å²) >= 11 is 0. The molecule has 1 unspecified atom stereocenters. The molecule has 0 saturated carbocycles. The molecule has 1 atom stereocenters. The molecule has 0 fully saturated rings. The second-order valence-electron chi connectivity index (χ2n) is 4.96. The van der Waals surface area contributed by atoms with E-state index < -0.39 is 11.9 Å². The molecule has 0 saturated heterocycles. The molecule has 0 aliphatic heterocycles. The standard InChI is InChI=1S/C11H20O4/c1-8(7-11(2,3)4)15-10(14)6-5-9(12)13/h8H,5-7H2,1-4H3,(H,12,13). The van der Waals surface area contributed by atoms with E-state index in [-0.39, 0.29) is 24.4 Å². The maximum absolute atomic E-state index is 11.2. The molecule has 0 radical (unpaired) electrons. The third-order valence-corrected chi connectivity index (χ3v) is 1.78. The van der Waals surface area contributed by atoms with Crippen molar-refractivity contribution < 1.29 is 19.4 Å². The maximum Gasteiger partial charge on any atom is 0.306 e. The fourth-order valence-electron chi connectivity index (χ4n) is 1.40. The van der Waals surface area contributed by atoms with Gasteiger partial charge in [0.1, 0.15) is 0 Å². The van der Waals surface area contributed by atoms with Crippen molar-refractivity contribution in [1.82, 2.24) is 0 Å². The van der Waals surface area contributed by atoms with Crippen molar-refractivity contribution in [2.24, 2.45) is 5.41 Å². The SMILES string of the molecule is CC(CC(C)(C)C)OC(=O)CCC(=O)O. The molecule has 0 amide bonds. The van der Waals surface area contributed by atoms with Gasteiger partial charge in [-0.25, -0.2) is 0 Å². The van der Waals surface area contributed by atoms with Gasteiger partial charge >= 0.3 is 11.9 Å². The number of carbonyl (C=O) groups excluding carboxylic acids is 1. The fraction of sp³-hybridized carbons (Fsp3) is 0.818. The zero-order valence-electron chi connectivity index (χ0n) is 9.87. The normalized spacial score (nSPS) is 13.3. The lowest BCUT2D eigenvalue weighted by Gasteiger charge is -2.23. The average Bonchev–Trinajstić information content (AvgIpc) is 1.96. The number of rotatable bonds is 5. The molecule has 0 aliphatic carbocycles. The van der Waals surface area contributed by atoms with Crippen LogP contribution in [0.25, 0.3) is 0 Å². The van der Waals surface area contributed by atoms with Crippen molar-refractivity contribution in [3.8, 4) is 0 Å². The quantitative estimate of drug-likeness (QED) is 0.716. The van der Waals surface area contributed by atoms with Gasteiger partial charge in [-0.2, -0.15) is 0 Å². The number of ether oxygens (including phenoxy) is 1. The van der Waals surface area contributed by atoms with Crippen LogP contribution < -0.4 is 0 Å². The lowest BCUT2D eigenvalue weighted by atomic mass is 9.90. The summed E-state index contributed by atoms with van der Waals surface area (Å²) < 4.78 is 5.07. The Balaban J connectivity index is 3.81. The monoisotopic (exact) mass is 216 g/mol. The molecule has 4 heteroatoms. The van der Waals surface area contributed by atoms with E-state index in [0.29, 0.717) is 0 Å². The van der Waals surface area contributed by atoms with E-state index in [1.807, 2.05) is 6.92 Å². The average molecular weight is 216 g/mol. The molecule has 15 heavy (non-hydrogen) atoms. The number of hydrogen-bond acceptors (Lipinski definition) is 3. The molecule has 0 aliphatic rings. The van der Waals surface area contributed by atoms with E-state index in [0.717, 1.165) is 6.42 Å². The third kappa shape index (κ3) is 9.25. The molecule has 0 bridgehead atoms. The first-order valence-corrected chi connectivity index (χ1v) is 5.12. The van der Waals surface area contributed by atoms with Gasteiger partial charge in [0.25, 0.3) is 0 Å². The van der Waals surface area contributed by atoms with E-state index in [4.69, 9.17) is 9.84 Å². The van der Waals surface area contributed by atoms with Crippen LogP contribution in [-0.4, -0.2) is 23.1 Å². The Kier molecular flexibility index (Phi) is 5.33.